The van der Waals surface area contributed by atoms with Gasteiger partial charge in [-0.1, -0.05) is 12.1 Å². The molecule has 0 atom stereocenters. The van der Waals surface area contributed by atoms with Gasteiger partial charge in [-0.3, -0.25) is 4.79 Å². The van der Waals surface area contributed by atoms with E-state index in [0.717, 1.165) is 36.6 Å². The molecule has 2 aliphatic rings. The molecule has 3 rings (SSSR count). The molecular weight excluding hydrogens is 248 g/mol. The van der Waals surface area contributed by atoms with Crippen LogP contribution in [0.5, 0.6) is 0 Å². The Labute approximate surface area is 121 Å². The Bertz CT molecular complexity index is 498. The molecule has 1 amide bonds. The maximum atomic E-state index is 13.0. The maximum absolute atomic E-state index is 13.0. The van der Waals surface area contributed by atoms with Crippen LogP contribution in [-0.2, 0) is 10.2 Å². The largest absolute Gasteiger partial charge is 0.399 e. The van der Waals surface area contributed by atoms with Crippen LogP contribution in [0, 0.1) is 5.92 Å². The molecule has 2 aliphatic carbocycles. The lowest BCUT2D eigenvalue weighted by molar-refractivity contribution is -0.136. The summed E-state index contributed by atoms with van der Waals surface area (Å²) in [5, 5.41) is 0. The van der Waals surface area contributed by atoms with Gasteiger partial charge in [0, 0.05) is 18.3 Å². The first kappa shape index (κ1) is 13.5. The van der Waals surface area contributed by atoms with Crippen molar-refractivity contribution in [3.8, 4) is 0 Å². The third-order valence-corrected chi connectivity index (χ3v) is 4.66. The van der Waals surface area contributed by atoms with E-state index in [1.807, 2.05) is 24.3 Å². The van der Waals surface area contributed by atoms with Gasteiger partial charge in [0.2, 0.25) is 5.91 Å². The first-order valence-corrected chi connectivity index (χ1v) is 7.70. The highest BCUT2D eigenvalue weighted by Gasteiger charge is 2.53. The van der Waals surface area contributed by atoms with E-state index in [-0.39, 0.29) is 11.5 Å². The number of nitrogens with two attached hydrogens (primary N) is 1. The molecule has 0 aliphatic heterocycles. The molecule has 0 aromatic heterocycles. The van der Waals surface area contributed by atoms with Crippen LogP contribution < -0.4 is 5.73 Å². The highest BCUT2D eigenvalue weighted by atomic mass is 16.2. The molecule has 3 nitrogen and oxygen atoms in total. The second-order valence-electron chi connectivity index (χ2n) is 6.70. The predicted molar refractivity (Wildman–Crippen MR) is 81.3 cm³/mol. The van der Waals surface area contributed by atoms with E-state index in [1.165, 1.54) is 12.8 Å². The van der Waals surface area contributed by atoms with Crippen molar-refractivity contribution in [2.24, 2.45) is 5.92 Å². The molecule has 0 saturated heterocycles. The summed E-state index contributed by atoms with van der Waals surface area (Å²) in [5.74, 6) is 1.06. The molecule has 1 aromatic rings. The van der Waals surface area contributed by atoms with Gasteiger partial charge in [-0.2, -0.15) is 0 Å². The number of nitrogens with zero attached hydrogens (tertiary/aromatic N) is 1. The van der Waals surface area contributed by atoms with E-state index in [4.69, 9.17) is 5.73 Å². The number of rotatable bonds is 5. The van der Waals surface area contributed by atoms with Crippen molar-refractivity contribution in [1.29, 1.82) is 0 Å². The molecule has 2 N–H and O–H groups in total. The molecule has 0 spiro atoms. The van der Waals surface area contributed by atoms with Gasteiger partial charge in [0.05, 0.1) is 5.41 Å². The van der Waals surface area contributed by atoms with Crippen LogP contribution in [0.25, 0.3) is 0 Å². The van der Waals surface area contributed by atoms with Crippen molar-refractivity contribution in [3.63, 3.8) is 0 Å². The van der Waals surface area contributed by atoms with Crippen LogP contribution in [0.2, 0.25) is 0 Å². The van der Waals surface area contributed by atoms with Crippen LogP contribution in [0.4, 0.5) is 5.69 Å². The van der Waals surface area contributed by atoms with Crippen molar-refractivity contribution in [3.05, 3.63) is 29.8 Å². The zero-order chi connectivity index (χ0) is 14.3. The lowest BCUT2D eigenvalue weighted by atomic mass is 9.93. The lowest BCUT2D eigenvalue weighted by Crippen LogP contribution is -2.44. The quantitative estimate of drug-likeness (QED) is 0.838. The van der Waals surface area contributed by atoms with Gasteiger partial charge in [0.25, 0.3) is 0 Å². The van der Waals surface area contributed by atoms with Gasteiger partial charge in [-0.05, 0) is 63.1 Å². The number of benzene rings is 1. The molecular formula is C17H24N2O. The number of carbonyl (C=O) groups is 1. The summed E-state index contributed by atoms with van der Waals surface area (Å²) in [4.78, 5) is 15.1. The molecule has 1 aromatic carbocycles. The van der Waals surface area contributed by atoms with E-state index in [9.17, 15) is 4.79 Å². The Kier molecular flexibility index (Phi) is 3.23. The third-order valence-electron chi connectivity index (χ3n) is 4.66. The first-order chi connectivity index (χ1) is 9.53. The van der Waals surface area contributed by atoms with Crippen LogP contribution in [0.15, 0.2) is 24.3 Å². The fourth-order valence-corrected chi connectivity index (χ4v) is 2.93. The minimum absolute atomic E-state index is 0.257. The number of anilines is 1. The zero-order valence-corrected chi connectivity index (χ0v) is 12.4. The summed E-state index contributed by atoms with van der Waals surface area (Å²) in [6, 6.07) is 8.15. The van der Waals surface area contributed by atoms with Crippen molar-refractivity contribution in [1.82, 2.24) is 4.90 Å². The smallest absolute Gasteiger partial charge is 0.233 e. The molecule has 20 heavy (non-hydrogen) atoms. The third kappa shape index (κ3) is 2.41. The van der Waals surface area contributed by atoms with E-state index in [1.54, 1.807) is 0 Å². The first-order valence-electron chi connectivity index (χ1n) is 7.70. The maximum Gasteiger partial charge on any atom is 0.233 e. The Hall–Kier alpha value is -1.51. The summed E-state index contributed by atoms with van der Waals surface area (Å²) in [7, 11) is 0. The second-order valence-corrected chi connectivity index (χ2v) is 6.70. The van der Waals surface area contributed by atoms with Gasteiger partial charge in [-0.15, -0.1) is 0 Å². The standard InChI is InChI=1S/C17H24N2O/c1-12(2)19(11-13-3-4-13)16(20)17(9-10-17)14-5-7-15(18)8-6-14/h5-8,12-13H,3-4,9-11,18H2,1-2H3. The lowest BCUT2D eigenvalue weighted by Gasteiger charge is -2.31. The Morgan fingerprint density at radius 1 is 1.30 bits per heavy atom. The zero-order valence-electron chi connectivity index (χ0n) is 12.4. The van der Waals surface area contributed by atoms with Crippen LogP contribution in [-0.4, -0.2) is 23.4 Å². The normalized spacial score (nSPS) is 19.9. The van der Waals surface area contributed by atoms with Crippen LogP contribution in [0.1, 0.15) is 45.1 Å². The fourth-order valence-electron chi connectivity index (χ4n) is 2.93. The van der Waals surface area contributed by atoms with Crippen molar-refractivity contribution in [2.45, 2.75) is 51.0 Å². The van der Waals surface area contributed by atoms with Gasteiger partial charge >= 0.3 is 0 Å². The molecule has 0 heterocycles. The molecule has 2 saturated carbocycles. The van der Waals surface area contributed by atoms with Gasteiger partial charge < -0.3 is 10.6 Å². The van der Waals surface area contributed by atoms with Gasteiger partial charge in [-0.25, -0.2) is 0 Å². The van der Waals surface area contributed by atoms with E-state index in [0.29, 0.717) is 5.91 Å². The topological polar surface area (TPSA) is 46.3 Å². The van der Waals surface area contributed by atoms with Gasteiger partial charge in [0.15, 0.2) is 0 Å². The minimum Gasteiger partial charge on any atom is -0.399 e. The minimum atomic E-state index is -0.257. The number of carbonyl (C=O) groups excluding carboxylic acids is 1. The Morgan fingerprint density at radius 3 is 2.35 bits per heavy atom. The molecule has 0 bridgehead atoms. The molecule has 0 radical (unpaired) electrons. The summed E-state index contributed by atoms with van der Waals surface area (Å²) >= 11 is 0. The number of hydrogen-bond acceptors (Lipinski definition) is 2. The van der Waals surface area contributed by atoms with Crippen LogP contribution in [0.3, 0.4) is 0 Å². The Balaban J connectivity index is 1.82. The molecule has 0 unspecified atom stereocenters. The molecule has 108 valence electrons. The molecule has 3 heteroatoms. The van der Waals surface area contributed by atoms with E-state index >= 15 is 0 Å². The predicted octanol–water partition coefficient (Wildman–Crippen LogP) is 2.95. The summed E-state index contributed by atoms with van der Waals surface area (Å²) in [6.45, 7) is 5.19. The average Bonchev–Trinajstić information content (AvgIpc) is 3.29. The van der Waals surface area contributed by atoms with Crippen LogP contribution >= 0.6 is 0 Å². The van der Waals surface area contributed by atoms with E-state index in [2.05, 4.69) is 18.7 Å². The average molecular weight is 272 g/mol. The van der Waals surface area contributed by atoms with E-state index < -0.39 is 0 Å². The second kappa shape index (κ2) is 4.80. The van der Waals surface area contributed by atoms with Crippen molar-refractivity contribution >= 4 is 11.6 Å². The SMILES string of the molecule is CC(C)N(CC1CC1)C(=O)C1(c2ccc(N)cc2)CC1. The fraction of sp³-hybridized carbons (Fsp3) is 0.588. The molecule has 2 fully saturated rings. The summed E-state index contributed by atoms with van der Waals surface area (Å²) in [5.41, 5.74) is 7.39. The van der Waals surface area contributed by atoms with Crippen molar-refractivity contribution in [2.75, 3.05) is 12.3 Å². The summed E-state index contributed by atoms with van der Waals surface area (Å²) in [6.07, 6.45) is 4.52. The highest BCUT2D eigenvalue weighted by molar-refractivity contribution is 5.91. The number of nitrogen functional groups attached to an aromatic ring is 1. The number of hydrogen-bond donors (Lipinski definition) is 1. The monoisotopic (exact) mass is 272 g/mol. The Morgan fingerprint density at radius 2 is 1.90 bits per heavy atom. The van der Waals surface area contributed by atoms with Gasteiger partial charge in [0.1, 0.15) is 0 Å². The number of amides is 1. The summed E-state index contributed by atoms with van der Waals surface area (Å²) < 4.78 is 0. The highest BCUT2D eigenvalue weighted by Crippen LogP contribution is 2.50. The van der Waals surface area contributed by atoms with Crippen molar-refractivity contribution < 1.29 is 4.79 Å².